The minimum Gasteiger partial charge on any atom is -0.325 e. The zero-order valence-electron chi connectivity index (χ0n) is 10.9. The Kier molecular flexibility index (Phi) is 4.27. The van der Waals surface area contributed by atoms with Crippen molar-refractivity contribution < 1.29 is 4.79 Å². The number of amides is 1. The molecule has 2 rings (SSSR count). The van der Waals surface area contributed by atoms with Gasteiger partial charge in [-0.2, -0.15) is 10.5 Å². The van der Waals surface area contributed by atoms with Crippen molar-refractivity contribution in [2.24, 2.45) is 5.41 Å². The molecule has 1 aliphatic carbocycles. The Bertz CT molecular complexity index is 607. The second kappa shape index (κ2) is 5.94. The molecule has 0 bridgehead atoms. The first kappa shape index (κ1) is 14.4. The van der Waals surface area contributed by atoms with Gasteiger partial charge >= 0.3 is 0 Å². The van der Waals surface area contributed by atoms with Crippen LogP contribution in [0.2, 0.25) is 5.02 Å². The number of carbonyl (C=O) groups excluding carboxylic acids is 1. The summed E-state index contributed by atoms with van der Waals surface area (Å²) in [6.45, 7) is 0. The molecule has 5 heteroatoms. The Morgan fingerprint density at radius 1 is 1.25 bits per heavy atom. The van der Waals surface area contributed by atoms with E-state index in [-0.39, 0.29) is 5.91 Å². The number of halogens is 1. The first-order valence-corrected chi connectivity index (χ1v) is 6.91. The van der Waals surface area contributed by atoms with Gasteiger partial charge in [0.2, 0.25) is 5.91 Å². The Morgan fingerprint density at radius 3 is 2.50 bits per heavy atom. The molecule has 0 heterocycles. The zero-order valence-corrected chi connectivity index (χ0v) is 11.7. The van der Waals surface area contributed by atoms with Crippen molar-refractivity contribution in [3.05, 3.63) is 28.8 Å². The van der Waals surface area contributed by atoms with E-state index in [2.05, 4.69) is 11.4 Å². The molecule has 4 nitrogen and oxygen atoms in total. The number of hydrogen-bond donors (Lipinski definition) is 1. The molecule has 0 aromatic heterocycles. The van der Waals surface area contributed by atoms with E-state index in [0.29, 0.717) is 29.1 Å². The number of nitrogens with zero attached hydrogens (tertiary/aromatic N) is 2. The first-order valence-electron chi connectivity index (χ1n) is 6.54. The molecule has 0 atom stereocenters. The number of rotatable bonds is 2. The number of carbonyl (C=O) groups is 1. The van der Waals surface area contributed by atoms with Crippen molar-refractivity contribution in [1.29, 1.82) is 10.5 Å². The molecule has 1 amide bonds. The molecule has 1 aliphatic rings. The molecule has 1 saturated carbocycles. The topological polar surface area (TPSA) is 76.7 Å². The number of hydrogen-bond acceptors (Lipinski definition) is 3. The summed E-state index contributed by atoms with van der Waals surface area (Å²) < 4.78 is 0. The molecular formula is C15H14ClN3O. The Balaban J connectivity index is 2.17. The van der Waals surface area contributed by atoms with E-state index >= 15 is 0 Å². The highest BCUT2D eigenvalue weighted by atomic mass is 35.5. The van der Waals surface area contributed by atoms with E-state index in [1.54, 1.807) is 12.1 Å². The summed E-state index contributed by atoms with van der Waals surface area (Å²) in [7, 11) is 0. The third kappa shape index (κ3) is 2.76. The molecule has 102 valence electrons. The summed E-state index contributed by atoms with van der Waals surface area (Å²) in [6.07, 6.45) is 4.06. The normalized spacial score (nSPS) is 16.8. The third-order valence-corrected chi connectivity index (χ3v) is 4.02. The van der Waals surface area contributed by atoms with Crippen molar-refractivity contribution in [2.75, 3.05) is 5.32 Å². The lowest BCUT2D eigenvalue weighted by molar-refractivity contribution is -0.124. The van der Waals surface area contributed by atoms with Crippen molar-refractivity contribution in [2.45, 2.75) is 32.1 Å². The maximum Gasteiger partial charge on any atom is 0.244 e. The molecule has 1 aromatic carbocycles. The molecule has 0 radical (unpaired) electrons. The summed E-state index contributed by atoms with van der Waals surface area (Å²) in [5.74, 6) is -0.277. The second-order valence-corrected chi connectivity index (χ2v) is 5.42. The monoisotopic (exact) mass is 287 g/mol. The molecular weight excluding hydrogens is 274 g/mol. The second-order valence-electron chi connectivity index (χ2n) is 5.02. The van der Waals surface area contributed by atoms with Crippen molar-refractivity contribution in [1.82, 2.24) is 0 Å². The standard InChI is InChI=1S/C15H14ClN3O/c16-13-8-12(5-4-11(13)9-17)19-14(20)15(10-18)6-2-1-3-7-15/h4-5,8H,1-3,6-7H2,(H,19,20). The number of nitriles is 2. The third-order valence-electron chi connectivity index (χ3n) is 3.70. The van der Waals surface area contributed by atoms with Crippen molar-refractivity contribution >= 4 is 23.2 Å². The van der Waals surface area contributed by atoms with Crippen LogP contribution in [0.15, 0.2) is 18.2 Å². The van der Waals surface area contributed by atoms with Gasteiger partial charge in [0.25, 0.3) is 0 Å². The maximum atomic E-state index is 12.3. The largest absolute Gasteiger partial charge is 0.325 e. The molecule has 1 aromatic rings. The van der Waals surface area contributed by atoms with E-state index < -0.39 is 5.41 Å². The van der Waals surface area contributed by atoms with Gasteiger partial charge in [0, 0.05) is 5.69 Å². The molecule has 0 saturated heterocycles. The lowest BCUT2D eigenvalue weighted by Gasteiger charge is -2.29. The van der Waals surface area contributed by atoms with Crippen molar-refractivity contribution in [3.8, 4) is 12.1 Å². The van der Waals surface area contributed by atoms with Gasteiger partial charge in [-0.15, -0.1) is 0 Å². The van der Waals surface area contributed by atoms with Gasteiger partial charge in [-0.05, 0) is 31.0 Å². The molecule has 1 N–H and O–H groups in total. The predicted molar refractivity (Wildman–Crippen MR) is 75.9 cm³/mol. The maximum absolute atomic E-state index is 12.3. The van der Waals surface area contributed by atoms with Crippen LogP contribution in [0.5, 0.6) is 0 Å². The van der Waals surface area contributed by atoms with Gasteiger partial charge in [0.1, 0.15) is 11.5 Å². The molecule has 20 heavy (non-hydrogen) atoms. The Labute approximate surface area is 123 Å². The SMILES string of the molecule is N#Cc1ccc(NC(=O)C2(C#N)CCCCC2)cc1Cl. The minimum absolute atomic E-state index is 0.277. The van der Waals surface area contributed by atoms with Gasteiger partial charge in [0.05, 0.1) is 16.7 Å². The van der Waals surface area contributed by atoms with Crippen LogP contribution in [0.1, 0.15) is 37.7 Å². The van der Waals surface area contributed by atoms with E-state index in [1.165, 1.54) is 6.07 Å². The first-order chi connectivity index (χ1) is 9.61. The van der Waals surface area contributed by atoms with Crippen LogP contribution in [0.25, 0.3) is 0 Å². The average Bonchev–Trinajstić information content (AvgIpc) is 2.48. The highest BCUT2D eigenvalue weighted by Crippen LogP contribution is 2.37. The van der Waals surface area contributed by atoms with E-state index in [9.17, 15) is 10.1 Å². The number of benzene rings is 1. The zero-order chi connectivity index (χ0) is 14.6. The van der Waals surface area contributed by atoms with Crippen LogP contribution in [-0.4, -0.2) is 5.91 Å². The fraction of sp³-hybridized carbons (Fsp3) is 0.400. The summed E-state index contributed by atoms with van der Waals surface area (Å²) in [6, 6.07) is 8.85. The van der Waals surface area contributed by atoms with Crippen LogP contribution in [0.3, 0.4) is 0 Å². The fourth-order valence-corrected chi connectivity index (χ4v) is 2.70. The van der Waals surface area contributed by atoms with Gasteiger partial charge in [-0.25, -0.2) is 0 Å². The van der Waals surface area contributed by atoms with Crippen LogP contribution >= 0.6 is 11.6 Å². The molecule has 1 fully saturated rings. The molecule has 0 aliphatic heterocycles. The summed E-state index contributed by atoms with van der Waals surface area (Å²) in [5.41, 5.74) is -0.0601. The highest BCUT2D eigenvalue weighted by molar-refractivity contribution is 6.32. The quantitative estimate of drug-likeness (QED) is 0.902. The lowest BCUT2D eigenvalue weighted by atomic mass is 9.74. The minimum atomic E-state index is -0.932. The predicted octanol–water partition coefficient (Wildman–Crippen LogP) is 3.62. The van der Waals surface area contributed by atoms with Crippen LogP contribution in [-0.2, 0) is 4.79 Å². The molecule has 0 spiro atoms. The number of nitrogens with one attached hydrogen (secondary N) is 1. The smallest absolute Gasteiger partial charge is 0.244 e. The van der Waals surface area contributed by atoms with E-state index in [1.807, 2.05) is 6.07 Å². The Morgan fingerprint density at radius 2 is 1.95 bits per heavy atom. The van der Waals surface area contributed by atoms with Crippen LogP contribution < -0.4 is 5.32 Å². The van der Waals surface area contributed by atoms with E-state index in [4.69, 9.17) is 16.9 Å². The average molecular weight is 288 g/mol. The van der Waals surface area contributed by atoms with Crippen molar-refractivity contribution in [3.63, 3.8) is 0 Å². The van der Waals surface area contributed by atoms with E-state index in [0.717, 1.165) is 19.3 Å². The summed E-state index contributed by atoms with van der Waals surface area (Å²) in [4.78, 5) is 12.3. The summed E-state index contributed by atoms with van der Waals surface area (Å²) >= 11 is 5.93. The fourth-order valence-electron chi connectivity index (χ4n) is 2.48. The molecule has 0 unspecified atom stereocenters. The van der Waals surface area contributed by atoms with Gasteiger partial charge < -0.3 is 5.32 Å². The van der Waals surface area contributed by atoms with Crippen LogP contribution in [0, 0.1) is 28.1 Å². The van der Waals surface area contributed by atoms with Gasteiger partial charge in [-0.1, -0.05) is 30.9 Å². The summed E-state index contributed by atoms with van der Waals surface area (Å²) in [5, 5.41) is 21.2. The Hall–Kier alpha value is -2.04. The van der Waals surface area contributed by atoms with Crippen LogP contribution in [0.4, 0.5) is 5.69 Å². The van der Waals surface area contributed by atoms with Gasteiger partial charge in [0.15, 0.2) is 0 Å². The lowest BCUT2D eigenvalue weighted by Crippen LogP contribution is -2.36. The van der Waals surface area contributed by atoms with Gasteiger partial charge in [-0.3, -0.25) is 4.79 Å². The number of anilines is 1. The highest BCUT2D eigenvalue weighted by Gasteiger charge is 2.39.